The first-order valence-electron chi connectivity index (χ1n) is 11.0. The highest BCUT2D eigenvalue weighted by Gasteiger charge is 2.38. The van der Waals surface area contributed by atoms with Crippen LogP contribution in [0.2, 0.25) is 0 Å². The molecule has 2 atom stereocenters. The van der Waals surface area contributed by atoms with Crippen molar-refractivity contribution >= 4 is 12.2 Å². The predicted octanol–water partition coefficient (Wildman–Crippen LogP) is 3.75. The summed E-state index contributed by atoms with van der Waals surface area (Å²) in [5, 5.41) is 12.6. The van der Waals surface area contributed by atoms with Crippen LogP contribution in [0.15, 0.2) is 48.5 Å². The van der Waals surface area contributed by atoms with Gasteiger partial charge in [0.2, 0.25) is 0 Å². The lowest BCUT2D eigenvalue weighted by atomic mass is 9.98. The Labute approximate surface area is 188 Å². The largest absolute Gasteiger partial charge is 0.449 e. The maximum absolute atomic E-state index is 12.6. The fourth-order valence-electron chi connectivity index (χ4n) is 4.49. The highest BCUT2D eigenvalue weighted by molar-refractivity contribution is 5.79. The van der Waals surface area contributed by atoms with Crippen LogP contribution < -0.4 is 5.32 Å². The van der Waals surface area contributed by atoms with Crippen LogP contribution in [0, 0.1) is 5.92 Å². The molecule has 1 fully saturated rings. The van der Waals surface area contributed by atoms with Gasteiger partial charge in [-0.3, -0.25) is 0 Å². The monoisotopic (exact) mass is 438 g/mol. The third kappa shape index (κ3) is 4.58. The van der Waals surface area contributed by atoms with Crippen LogP contribution in [0.3, 0.4) is 0 Å². The van der Waals surface area contributed by atoms with Crippen LogP contribution in [-0.4, -0.2) is 60.1 Å². The van der Waals surface area contributed by atoms with Crippen LogP contribution in [-0.2, 0) is 9.47 Å². The molecule has 2 N–H and O–H groups in total. The Hall–Kier alpha value is -3.06. The number of likely N-dealkylation sites (tertiary alicyclic amines) is 1. The Morgan fingerprint density at radius 1 is 1.03 bits per heavy atom. The maximum Gasteiger partial charge on any atom is 0.410 e. The van der Waals surface area contributed by atoms with E-state index in [1.165, 1.54) is 16.0 Å². The molecule has 1 saturated heterocycles. The number of fused-ring (bicyclic) bond motifs is 3. The number of benzene rings is 2. The lowest BCUT2D eigenvalue weighted by molar-refractivity contribution is 0.0281. The number of nitrogens with one attached hydrogen (secondary N) is 1. The van der Waals surface area contributed by atoms with Crippen molar-refractivity contribution in [1.82, 2.24) is 10.2 Å². The summed E-state index contributed by atoms with van der Waals surface area (Å²) in [5.41, 5.74) is 4.02. The number of carbonyl (C=O) groups is 2. The quantitative estimate of drug-likeness (QED) is 0.759. The van der Waals surface area contributed by atoms with E-state index in [2.05, 4.69) is 29.6 Å². The Balaban J connectivity index is 1.38. The van der Waals surface area contributed by atoms with E-state index in [0.29, 0.717) is 6.54 Å². The molecule has 0 spiro atoms. The molecule has 7 heteroatoms. The van der Waals surface area contributed by atoms with Crippen LogP contribution >= 0.6 is 0 Å². The lowest BCUT2D eigenvalue weighted by Crippen LogP contribution is -2.43. The normalized spacial score (nSPS) is 19.9. The topological polar surface area (TPSA) is 88.1 Å². The summed E-state index contributed by atoms with van der Waals surface area (Å²) in [6.45, 7) is 6.06. The molecule has 32 heavy (non-hydrogen) atoms. The third-order valence-electron chi connectivity index (χ3n) is 5.97. The molecule has 2 aliphatic rings. The molecule has 2 aromatic carbocycles. The number of hydrogen-bond acceptors (Lipinski definition) is 5. The van der Waals surface area contributed by atoms with Crippen LogP contribution in [0.5, 0.6) is 0 Å². The van der Waals surface area contributed by atoms with Gasteiger partial charge in [0.25, 0.3) is 0 Å². The predicted molar refractivity (Wildman–Crippen MR) is 120 cm³/mol. The molecule has 2 aromatic rings. The van der Waals surface area contributed by atoms with Crippen LogP contribution in [0.4, 0.5) is 9.59 Å². The molecule has 0 aromatic heterocycles. The summed E-state index contributed by atoms with van der Waals surface area (Å²) in [5.74, 6) is -0.299. The highest BCUT2D eigenvalue weighted by Crippen LogP contribution is 2.44. The van der Waals surface area contributed by atoms with E-state index in [9.17, 15) is 14.7 Å². The number of rotatable bonds is 4. The Kier molecular flexibility index (Phi) is 6.11. The first kappa shape index (κ1) is 22.1. The molecule has 2 amide bonds. The molecule has 1 heterocycles. The number of aliphatic hydroxyl groups excluding tert-OH is 1. The first-order valence-corrected chi connectivity index (χ1v) is 11.0. The van der Waals surface area contributed by atoms with Gasteiger partial charge in [-0.05, 0) is 43.0 Å². The van der Waals surface area contributed by atoms with Gasteiger partial charge in [-0.25, -0.2) is 9.59 Å². The van der Waals surface area contributed by atoms with Crippen molar-refractivity contribution in [2.75, 3.05) is 26.3 Å². The van der Waals surface area contributed by atoms with Crippen molar-refractivity contribution in [2.24, 2.45) is 5.92 Å². The Morgan fingerprint density at radius 3 is 2.19 bits per heavy atom. The van der Waals surface area contributed by atoms with E-state index in [1.807, 2.05) is 24.3 Å². The van der Waals surface area contributed by atoms with Crippen LogP contribution in [0.1, 0.15) is 37.8 Å². The standard InChI is InChI=1S/C25H30N2O5/c1-25(2,3)32-24(30)27-12-16(14-28)22(13-27)26-23(29)31-15-21-19-10-6-4-8-17(19)18-9-5-7-11-20(18)21/h4-11,16,21-22,28H,12-15H2,1-3H3,(H,26,29). The minimum absolute atomic E-state index is 0.0244. The van der Waals surface area contributed by atoms with Gasteiger partial charge >= 0.3 is 12.2 Å². The average molecular weight is 439 g/mol. The van der Waals surface area contributed by atoms with Crippen molar-refractivity contribution in [3.8, 4) is 11.1 Å². The van der Waals surface area contributed by atoms with Gasteiger partial charge in [0, 0.05) is 31.5 Å². The summed E-state index contributed by atoms with van der Waals surface area (Å²) >= 11 is 0. The summed E-state index contributed by atoms with van der Waals surface area (Å²) in [6, 6.07) is 15.9. The Bertz CT molecular complexity index is 954. The molecule has 0 bridgehead atoms. The van der Waals surface area contributed by atoms with E-state index in [4.69, 9.17) is 9.47 Å². The van der Waals surface area contributed by atoms with Gasteiger partial charge in [0.05, 0.1) is 6.04 Å². The summed E-state index contributed by atoms with van der Waals surface area (Å²) < 4.78 is 11.0. The maximum atomic E-state index is 12.6. The van der Waals surface area contributed by atoms with E-state index >= 15 is 0 Å². The summed E-state index contributed by atoms with van der Waals surface area (Å²) in [4.78, 5) is 26.5. The van der Waals surface area contributed by atoms with Gasteiger partial charge in [0.1, 0.15) is 12.2 Å². The van der Waals surface area contributed by atoms with Gasteiger partial charge < -0.3 is 24.8 Å². The minimum Gasteiger partial charge on any atom is -0.449 e. The molecule has 7 nitrogen and oxygen atoms in total. The van der Waals surface area contributed by atoms with Crippen molar-refractivity contribution in [1.29, 1.82) is 0 Å². The molecular weight excluding hydrogens is 408 g/mol. The van der Waals surface area contributed by atoms with E-state index in [-0.39, 0.29) is 31.6 Å². The second-order valence-corrected chi connectivity index (χ2v) is 9.40. The second-order valence-electron chi connectivity index (χ2n) is 9.40. The van der Waals surface area contributed by atoms with E-state index < -0.39 is 23.8 Å². The first-order chi connectivity index (χ1) is 15.3. The number of aliphatic hydroxyl groups is 1. The van der Waals surface area contributed by atoms with Crippen molar-refractivity contribution < 1.29 is 24.2 Å². The molecular formula is C25H30N2O5. The smallest absolute Gasteiger partial charge is 0.410 e. The third-order valence-corrected chi connectivity index (χ3v) is 5.97. The number of hydrogen-bond donors (Lipinski definition) is 2. The van der Waals surface area contributed by atoms with Gasteiger partial charge in [-0.15, -0.1) is 0 Å². The zero-order valence-electron chi connectivity index (χ0n) is 18.7. The number of alkyl carbamates (subject to hydrolysis) is 1. The van der Waals surface area contributed by atoms with Gasteiger partial charge in [-0.1, -0.05) is 48.5 Å². The number of nitrogens with zero attached hydrogens (tertiary/aromatic N) is 1. The molecule has 0 radical (unpaired) electrons. The SMILES string of the molecule is CC(C)(C)OC(=O)N1CC(CO)C(NC(=O)OCC2c3ccccc3-c3ccccc32)C1. The fourth-order valence-corrected chi connectivity index (χ4v) is 4.49. The number of ether oxygens (including phenoxy) is 2. The van der Waals surface area contributed by atoms with Gasteiger partial charge in [-0.2, -0.15) is 0 Å². The fraction of sp³-hybridized carbons (Fsp3) is 0.440. The second kappa shape index (κ2) is 8.82. The molecule has 0 saturated carbocycles. The summed E-state index contributed by atoms with van der Waals surface area (Å²) in [7, 11) is 0. The lowest BCUT2D eigenvalue weighted by Gasteiger charge is -2.24. The minimum atomic E-state index is -0.607. The highest BCUT2D eigenvalue weighted by atomic mass is 16.6. The molecule has 4 rings (SSSR count). The molecule has 2 unspecified atom stereocenters. The van der Waals surface area contributed by atoms with E-state index in [0.717, 1.165) is 11.1 Å². The Morgan fingerprint density at radius 2 is 1.62 bits per heavy atom. The number of amides is 2. The van der Waals surface area contributed by atoms with Gasteiger partial charge in [0.15, 0.2) is 0 Å². The van der Waals surface area contributed by atoms with Crippen LogP contribution in [0.25, 0.3) is 11.1 Å². The molecule has 170 valence electrons. The van der Waals surface area contributed by atoms with Crippen molar-refractivity contribution in [3.63, 3.8) is 0 Å². The molecule has 1 aliphatic carbocycles. The zero-order valence-corrected chi connectivity index (χ0v) is 18.7. The summed E-state index contributed by atoms with van der Waals surface area (Å²) in [6.07, 6.45) is -1.01. The van der Waals surface area contributed by atoms with Crippen molar-refractivity contribution in [2.45, 2.75) is 38.3 Å². The van der Waals surface area contributed by atoms with Crippen molar-refractivity contribution in [3.05, 3.63) is 59.7 Å². The van der Waals surface area contributed by atoms with E-state index in [1.54, 1.807) is 20.8 Å². The number of carbonyl (C=O) groups excluding carboxylic acids is 2. The molecule has 1 aliphatic heterocycles. The zero-order chi connectivity index (χ0) is 22.9. The average Bonchev–Trinajstić information content (AvgIpc) is 3.30.